The molecule has 1 heterocycles. The molecule has 138 valence electrons. The van der Waals surface area contributed by atoms with Crippen molar-refractivity contribution in [2.24, 2.45) is 0 Å². The SMILES string of the molecule is COc1ccc(/C=C/C(=O)c2c(C)nn(-c3ccccc3)c2C)cc1OC. The molecule has 0 unspecified atom stereocenters. The number of aromatic nitrogens is 2. The minimum Gasteiger partial charge on any atom is -0.493 e. The van der Waals surface area contributed by atoms with Crippen LogP contribution in [0.3, 0.4) is 0 Å². The van der Waals surface area contributed by atoms with Gasteiger partial charge in [0.15, 0.2) is 17.3 Å². The molecule has 0 saturated heterocycles. The number of aryl methyl sites for hydroxylation is 1. The van der Waals surface area contributed by atoms with Crippen molar-refractivity contribution in [1.82, 2.24) is 9.78 Å². The summed E-state index contributed by atoms with van der Waals surface area (Å²) in [6.45, 7) is 3.76. The van der Waals surface area contributed by atoms with E-state index in [0.717, 1.165) is 16.9 Å². The summed E-state index contributed by atoms with van der Waals surface area (Å²) < 4.78 is 12.3. The van der Waals surface area contributed by atoms with Crippen molar-refractivity contribution in [3.63, 3.8) is 0 Å². The molecule has 2 aromatic carbocycles. The van der Waals surface area contributed by atoms with Crippen LogP contribution >= 0.6 is 0 Å². The molecular formula is C22H22N2O3. The predicted octanol–water partition coefficient (Wildman–Crippen LogP) is 4.40. The van der Waals surface area contributed by atoms with Crippen LogP contribution in [0.1, 0.15) is 27.3 Å². The van der Waals surface area contributed by atoms with Gasteiger partial charge in [-0.15, -0.1) is 0 Å². The van der Waals surface area contributed by atoms with E-state index in [2.05, 4.69) is 5.10 Å². The number of nitrogens with zero attached hydrogens (tertiary/aromatic N) is 2. The summed E-state index contributed by atoms with van der Waals surface area (Å²) in [4.78, 5) is 12.8. The largest absolute Gasteiger partial charge is 0.493 e. The molecular weight excluding hydrogens is 340 g/mol. The fraction of sp³-hybridized carbons (Fsp3) is 0.182. The van der Waals surface area contributed by atoms with Gasteiger partial charge in [-0.05, 0) is 49.8 Å². The number of methoxy groups -OCH3 is 2. The van der Waals surface area contributed by atoms with Crippen LogP contribution in [0.5, 0.6) is 11.5 Å². The zero-order valence-corrected chi connectivity index (χ0v) is 15.9. The molecule has 0 bridgehead atoms. The Morgan fingerprint density at radius 2 is 1.70 bits per heavy atom. The van der Waals surface area contributed by atoms with E-state index in [1.807, 2.05) is 62.4 Å². The fourth-order valence-corrected chi connectivity index (χ4v) is 3.03. The number of ketones is 1. The molecule has 3 rings (SSSR count). The zero-order valence-electron chi connectivity index (χ0n) is 15.9. The summed E-state index contributed by atoms with van der Waals surface area (Å²) in [5, 5.41) is 4.53. The van der Waals surface area contributed by atoms with Gasteiger partial charge in [-0.25, -0.2) is 4.68 Å². The van der Waals surface area contributed by atoms with E-state index in [0.29, 0.717) is 22.8 Å². The smallest absolute Gasteiger partial charge is 0.189 e. The molecule has 0 aliphatic rings. The number of allylic oxidation sites excluding steroid dienone is 1. The fourth-order valence-electron chi connectivity index (χ4n) is 3.03. The van der Waals surface area contributed by atoms with E-state index in [1.54, 1.807) is 31.1 Å². The molecule has 0 N–H and O–H groups in total. The van der Waals surface area contributed by atoms with Crippen LogP contribution in [0.25, 0.3) is 11.8 Å². The molecule has 0 aliphatic heterocycles. The Kier molecular flexibility index (Phi) is 5.41. The number of hydrogen-bond acceptors (Lipinski definition) is 4. The lowest BCUT2D eigenvalue weighted by Gasteiger charge is -2.07. The Labute approximate surface area is 158 Å². The highest BCUT2D eigenvalue weighted by Crippen LogP contribution is 2.28. The number of carbonyl (C=O) groups excluding carboxylic acids is 1. The molecule has 1 aromatic heterocycles. The van der Waals surface area contributed by atoms with Crippen molar-refractivity contribution < 1.29 is 14.3 Å². The van der Waals surface area contributed by atoms with Crippen molar-refractivity contribution in [3.8, 4) is 17.2 Å². The van der Waals surface area contributed by atoms with Gasteiger partial charge in [-0.1, -0.05) is 30.3 Å². The second-order valence-electron chi connectivity index (χ2n) is 6.11. The van der Waals surface area contributed by atoms with Crippen LogP contribution in [0, 0.1) is 13.8 Å². The minimum atomic E-state index is -0.0815. The molecule has 0 saturated carbocycles. The normalized spacial score (nSPS) is 11.0. The Morgan fingerprint density at radius 3 is 2.37 bits per heavy atom. The third-order valence-electron chi connectivity index (χ3n) is 4.37. The first kappa shape index (κ1) is 18.5. The van der Waals surface area contributed by atoms with Crippen molar-refractivity contribution in [2.45, 2.75) is 13.8 Å². The molecule has 5 nitrogen and oxygen atoms in total. The zero-order chi connectivity index (χ0) is 19.4. The third kappa shape index (κ3) is 3.77. The number of hydrogen-bond donors (Lipinski definition) is 0. The third-order valence-corrected chi connectivity index (χ3v) is 4.37. The molecule has 3 aromatic rings. The van der Waals surface area contributed by atoms with E-state index < -0.39 is 0 Å². The molecule has 5 heteroatoms. The highest BCUT2D eigenvalue weighted by atomic mass is 16.5. The van der Waals surface area contributed by atoms with Gasteiger partial charge in [0.1, 0.15) is 0 Å². The van der Waals surface area contributed by atoms with Gasteiger partial charge in [-0.2, -0.15) is 5.10 Å². The highest BCUT2D eigenvalue weighted by Gasteiger charge is 2.17. The first-order chi connectivity index (χ1) is 13.0. The molecule has 0 atom stereocenters. The minimum absolute atomic E-state index is 0.0815. The maximum Gasteiger partial charge on any atom is 0.189 e. The maximum atomic E-state index is 12.8. The lowest BCUT2D eigenvalue weighted by atomic mass is 10.1. The van der Waals surface area contributed by atoms with E-state index in [4.69, 9.17) is 9.47 Å². The summed E-state index contributed by atoms with van der Waals surface area (Å²) in [6.07, 6.45) is 3.33. The topological polar surface area (TPSA) is 53.3 Å². The number of rotatable bonds is 6. The van der Waals surface area contributed by atoms with Gasteiger partial charge in [0.2, 0.25) is 0 Å². The van der Waals surface area contributed by atoms with E-state index in [9.17, 15) is 4.79 Å². The summed E-state index contributed by atoms with van der Waals surface area (Å²) in [5.41, 5.74) is 3.93. The maximum absolute atomic E-state index is 12.8. The number of benzene rings is 2. The summed E-state index contributed by atoms with van der Waals surface area (Å²) >= 11 is 0. The molecule has 27 heavy (non-hydrogen) atoms. The van der Waals surface area contributed by atoms with Crippen molar-refractivity contribution in [1.29, 1.82) is 0 Å². The average molecular weight is 362 g/mol. The Morgan fingerprint density at radius 1 is 1.00 bits per heavy atom. The van der Waals surface area contributed by atoms with Gasteiger partial charge in [-0.3, -0.25) is 4.79 Å². The van der Waals surface area contributed by atoms with Crippen molar-refractivity contribution in [2.75, 3.05) is 14.2 Å². The second-order valence-corrected chi connectivity index (χ2v) is 6.11. The Hall–Kier alpha value is -3.34. The standard InChI is InChI=1S/C22H22N2O3/c1-15-22(16(2)24(23-15)18-8-6-5-7-9-18)19(25)12-10-17-11-13-20(26-3)21(14-17)27-4/h5-14H,1-4H3/b12-10+. The molecule has 0 spiro atoms. The van der Waals surface area contributed by atoms with Crippen LogP contribution in [0.4, 0.5) is 0 Å². The first-order valence-electron chi connectivity index (χ1n) is 8.61. The van der Waals surface area contributed by atoms with Gasteiger partial charge < -0.3 is 9.47 Å². The summed E-state index contributed by atoms with van der Waals surface area (Å²) in [7, 11) is 3.17. The van der Waals surface area contributed by atoms with Crippen LogP contribution in [-0.2, 0) is 0 Å². The van der Waals surface area contributed by atoms with Crippen LogP contribution < -0.4 is 9.47 Å². The molecule has 0 amide bonds. The number of carbonyl (C=O) groups is 1. The molecule has 0 radical (unpaired) electrons. The van der Waals surface area contributed by atoms with Crippen molar-refractivity contribution in [3.05, 3.63) is 77.1 Å². The Bertz CT molecular complexity index is 988. The van der Waals surface area contributed by atoms with Gasteiger partial charge >= 0.3 is 0 Å². The lowest BCUT2D eigenvalue weighted by Crippen LogP contribution is -2.01. The lowest BCUT2D eigenvalue weighted by molar-refractivity contribution is 0.104. The summed E-state index contributed by atoms with van der Waals surface area (Å²) in [5.74, 6) is 1.19. The summed E-state index contributed by atoms with van der Waals surface area (Å²) in [6, 6.07) is 15.3. The molecule has 0 fully saturated rings. The molecule has 0 aliphatic carbocycles. The van der Waals surface area contributed by atoms with E-state index in [-0.39, 0.29) is 5.78 Å². The number of para-hydroxylation sites is 1. The second kappa shape index (κ2) is 7.91. The van der Waals surface area contributed by atoms with Crippen LogP contribution in [0.2, 0.25) is 0 Å². The van der Waals surface area contributed by atoms with Crippen LogP contribution in [0.15, 0.2) is 54.6 Å². The highest BCUT2D eigenvalue weighted by molar-refractivity contribution is 6.08. The van der Waals surface area contributed by atoms with E-state index in [1.165, 1.54) is 0 Å². The number of ether oxygens (including phenoxy) is 2. The van der Waals surface area contributed by atoms with Gasteiger partial charge in [0.05, 0.1) is 36.9 Å². The van der Waals surface area contributed by atoms with E-state index >= 15 is 0 Å². The van der Waals surface area contributed by atoms with Crippen LogP contribution in [-0.4, -0.2) is 29.8 Å². The van der Waals surface area contributed by atoms with Gasteiger partial charge in [0.25, 0.3) is 0 Å². The van der Waals surface area contributed by atoms with Crippen molar-refractivity contribution >= 4 is 11.9 Å². The van der Waals surface area contributed by atoms with Gasteiger partial charge in [0, 0.05) is 0 Å². The Balaban J connectivity index is 1.89. The average Bonchev–Trinajstić information content (AvgIpc) is 3.00. The monoisotopic (exact) mass is 362 g/mol. The first-order valence-corrected chi connectivity index (χ1v) is 8.61. The predicted molar refractivity (Wildman–Crippen MR) is 106 cm³/mol. The quantitative estimate of drug-likeness (QED) is 0.482.